The molecule has 4 heteroatoms. The molecular weight excluding hydrogens is 291 g/mol. The summed E-state index contributed by atoms with van der Waals surface area (Å²) in [5.41, 5.74) is 1.40. The van der Waals surface area contributed by atoms with Gasteiger partial charge in [0, 0.05) is 21.6 Å². The van der Waals surface area contributed by atoms with Gasteiger partial charge in [0.2, 0.25) is 0 Å². The second-order valence-corrected chi connectivity index (χ2v) is 6.83. The van der Waals surface area contributed by atoms with E-state index >= 15 is 0 Å². The van der Waals surface area contributed by atoms with Crippen molar-refractivity contribution in [3.05, 3.63) is 33.8 Å². The molecule has 1 atom stereocenters. The SMILES string of the molecule is CNC(Cc1ccc(Cl)cc1Cl)C1(N(C)C)CCCC1. The summed E-state index contributed by atoms with van der Waals surface area (Å²) in [6.07, 6.45) is 6.05. The van der Waals surface area contributed by atoms with Gasteiger partial charge in [0.25, 0.3) is 0 Å². The molecule has 0 aromatic heterocycles. The zero-order valence-corrected chi connectivity index (χ0v) is 14.1. The van der Waals surface area contributed by atoms with E-state index in [1.54, 1.807) is 0 Å². The smallest absolute Gasteiger partial charge is 0.0453 e. The molecule has 1 aliphatic rings. The Morgan fingerprint density at radius 1 is 1.25 bits per heavy atom. The molecule has 0 spiro atoms. The maximum atomic E-state index is 6.34. The molecule has 1 saturated carbocycles. The van der Waals surface area contributed by atoms with Gasteiger partial charge in [-0.3, -0.25) is 0 Å². The molecule has 0 radical (unpaired) electrons. The summed E-state index contributed by atoms with van der Waals surface area (Å²) in [4.78, 5) is 2.39. The fourth-order valence-corrected chi connectivity index (χ4v) is 4.05. The van der Waals surface area contributed by atoms with Crippen molar-refractivity contribution in [3.63, 3.8) is 0 Å². The molecule has 1 aromatic carbocycles. The Morgan fingerprint density at radius 2 is 1.90 bits per heavy atom. The molecular formula is C16H24Cl2N2. The molecule has 112 valence electrons. The summed E-state index contributed by atoms with van der Waals surface area (Å²) in [5.74, 6) is 0. The largest absolute Gasteiger partial charge is 0.315 e. The van der Waals surface area contributed by atoms with Gasteiger partial charge < -0.3 is 10.2 Å². The van der Waals surface area contributed by atoms with Crippen molar-refractivity contribution in [2.75, 3.05) is 21.1 Å². The highest BCUT2D eigenvalue weighted by Crippen LogP contribution is 2.38. The van der Waals surface area contributed by atoms with Crippen LogP contribution in [-0.4, -0.2) is 37.6 Å². The van der Waals surface area contributed by atoms with Gasteiger partial charge in [-0.25, -0.2) is 0 Å². The van der Waals surface area contributed by atoms with Crippen molar-refractivity contribution in [3.8, 4) is 0 Å². The van der Waals surface area contributed by atoms with Crippen molar-refractivity contribution in [1.29, 1.82) is 0 Å². The van der Waals surface area contributed by atoms with Crippen LogP contribution in [0.4, 0.5) is 0 Å². The summed E-state index contributed by atoms with van der Waals surface area (Å²) in [6, 6.07) is 6.21. The maximum Gasteiger partial charge on any atom is 0.0453 e. The van der Waals surface area contributed by atoms with Crippen molar-refractivity contribution in [2.24, 2.45) is 0 Å². The van der Waals surface area contributed by atoms with E-state index in [0.29, 0.717) is 11.1 Å². The molecule has 1 aromatic rings. The highest BCUT2D eigenvalue weighted by molar-refractivity contribution is 6.35. The molecule has 0 saturated heterocycles. The van der Waals surface area contributed by atoms with E-state index in [4.69, 9.17) is 23.2 Å². The lowest BCUT2D eigenvalue weighted by molar-refractivity contribution is 0.108. The lowest BCUT2D eigenvalue weighted by Crippen LogP contribution is -2.57. The zero-order chi connectivity index (χ0) is 14.8. The van der Waals surface area contributed by atoms with Crippen molar-refractivity contribution in [2.45, 2.75) is 43.7 Å². The molecule has 0 aliphatic heterocycles. The van der Waals surface area contributed by atoms with Gasteiger partial charge in [0.05, 0.1) is 0 Å². The topological polar surface area (TPSA) is 15.3 Å². The second kappa shape index (κ2) is 6.65. The number of nitrogens with one attached hydrogen (secondary N) is 1. The number of benzene rings is 1. The maximum absolute atomic E-state index is 6.34. The zero-order valence-electron chi connectivity index (χ0n) is 12.5. The van der Waals surface area contributed by atoms with Crippen LogP contribution in [0.5, 0.6) is 0 Å². The summed E-state index contributed by atoms with van der Waals surface area (Å²) in [5, 5.41) is 4.99. The summed E-state index contributed by atoms with van der Waals surface area (Å²) in [6.45, 7) is 0. The van der Waals surface area contributed by atoms with E-state index in [1.165, 1.54) is 31.2 Å². The molecule has 0 bridgehead atoms. The second-order valence-electron chi connectivity index (χ2n) is 5.99. The average molecular weight is 315 g/mol. The van der Waals surface area contributed by atoms with Crippen molar-refractivity contribution >= 4 is 23.2 Å². The third-order valence-corrected chi connectivity index (χ3v) is 5.38. The third-order valence-electron chi connectivity index (χ3n) is 4.80. The van der Waals surface area contributed by atoms with Crippen molar-refractivity contribution in [1.82, 2.24) is 10.2 Å². The first-order valence-corrected chi connectivity index (χ1v) is 8.04. The standard InChI is InChI=1S/C16H24Cl2N2/c1-19-15(16(20(2)3)8-4-5-9-16)10-12-6-7-13(17)11-14(12)18/h6-7,11,15,19H,4-5,8-10H2,1-3H3. The van der Waals surface area contributed by atoms with Crippen LogP contribution in [0.1, 0.15) is 31.2 Å². The van der Waals surface area contributed by atoms with E-state index in [9.17, 15) is 0 Å². The van der Waals surface area contributed by atoms with Crippen LogP contribution in [0.2, 0.25) is 10.0 Å². The first kappa shape index (κ1) is 16.1. The van der Waals surface area contributed by atoms with E-state index in [2.05, 4.69) is 31.4 Å². The number of nitrogens with zero attached hydrogens (tertiary/aromatic N) is 1. The lowest BCUT2D eigenvalue weighted by Gasteiger charge is -2.43. The first-order valence-electron chi connectivity index (χ1n) is 7.28. The average Bonchev–Trinajstić information content (AvgIpc) is 2.88. The van der Waals surface area contributed by atoms with Crippen LogP contribution in [0, 0.1) is 0 Å². The van der Waals surface area contributed by atoms with Gasteiger partial charge in [-0.2, -0.15) is 0 Å². The van der Waals surface area contributed by atoms with Crippen molar-refractivity contribution < 1.29 is 0 Å². The van der Waals surface area contributed by atoms with E-state index in [1.807, 2.05) is 18.2 Å². The van der Waals surface area contributed by atoms with Crippen LogP contribution < -0.4 is 5.32 Å². The molecule has 1 aliphatic carbocycles. The van der Waals surface area contributed by atoms with Gasteiger partial charge in [-0.05, 0) is 58.1 Å². The molecule has 2 rings (SSSR count). The first-order chi connectivity index (χ1) is 9.49. The number of halogens is 2. The Labute approximate surface area is 132 Å². The van der Waals surface area contributed by atoms with Crippen LogP contribution in [-0.2, 0) is 6.42 Å². The quantitative estimate of drug-likeness (QED) is 0.883. The number of hydrogen-bond acceptors (Lipinski definition) is 2. The molecule has 1 N–H and O–H groups in total. The third kappa shape index (κ3) is 3.14. The van der Waals surface area contributed by atoms with Gasteiger partial charge >= 0.3 is 0 Å². The molecule has 0 amide bonds. The van der Waals surface area contributed by atoms with Gasteiger partial charge in [-0.1, -0.05) is 42.1 Å². The van der Waals surface area contributed by atoms with E-state index in [0.717, 1.165) is 11.4 Å². The van der Waals surface area contributed by atoms with Crippen LogP contribution >= 0.6 is 23.2 Å². The monoisotopic (exact) mass is 314 g/mol. The Hall–Kier alpha value is -0.280. The number of hydrogen-bond donors (Lipinski definition) is 1. The Kier molecular flexibility index (Phi) is 5.36. The predicted molar refractivity (Wildman–Crippen MR) is 87.9 cm³/mol. The van der Waals surface area contributed by atoms with Crippen LogP contribution in [0.15, 0.2) is 18.2 Å². The molecule has 1 unspecified atom stereocenters. The fourth-order valence-electron chi connectivity index (χ4n) is 3.56. The summed E-state index contributed by atoms with van der Waals surface area (Å²) in [7, 11) is 6.44. The Morgan fingerprint density at radius 3 is 2.40 bits per heavy atom. The minimum Gasteiger partial charge on any atom is -0.315 e. The fraction of sp³-hybridized carbons (Fsp3) is 0.625. The lowest BCUT2D eigenvalue weighted by atomic mass is 9.83. The van der Waals surface area contributed by atoms with E-state index in [-0.39, 0.29) is 5.54 Å². The van der Waals surface area contributed by atoms with Gasteiger partial charge in [0.1, 0.15) is 0 Å². The summed E-state index contributed by atoms with van der Waals surface area (Å²) < 4.78 is 0. The number of rotatable bonds is 5. The predicted octanol–water partition coefficient (Wildman–Crippen LogP) is 4.00. The molecule has 1 fully saturated rings. The van der Waals surface area contributed by atoms with Gasteiger partial charge in [0.15, 0.2) is 0 Å². The highest BCUT2D eigenvalue weighted by Gasteiger charge is 2.42. The highest BCUT2D eigenvalue weighted by atomic mass is 35.5. The van der Waals surface area contributed by atoms with E-state index < -0.39 is 0 Å². The number of likely N-dealkylation sites (N-methyl/N-ethyl adjacent to an activating group) is 2. The minimum atomic E-state index is 0.234. The molecule has 0 heterocycles. The minimum absolute atomic E-state index is 0.234. The Bertz CT molecular complexity index is 454. The molecule has 20 heavy (non-hydrogen) atoms. The summed E-state index contributed by atoms with van der Waals surface area (Å²) >= 11 is 12.3. The van der Waals surface area contributed by atoms with Gasteiger partial charge in [-0.15, -0.1) is 0 Å². The molecule has 2 nitrogen and oxygen atoms in total. The van der Waals surface area contributed by atoms with Crippen LogP contribution in [0.25, 0.3) is 0 Å². The Balaban J connectivity index is 2.23. The van der Waals surface area contributed by atoms with Crippen LogP contribution in [0.3, 0.4) is 0 Å². The normalized spacial score (nSPS) is 19.5.